The fourth-order valence-electron chi connectivity index (χ4n) is 2.68. The van der Waals surface area contributed by atoms with E-state index in [1.54, 1.807) is 12.1 Å². The Morgan fingerprint density at radius 2 is 1.96 bits per heavy atom. The molecule has 1 aliphatic rings. The number of hydrogen-bond acceptors (Lipinski definition) is 4. The molecule has 0 radical (unpaired) electrons. The van der Waals surface area contributed by atoms with Crippen LogP contribution in [-0.2, 0) is 20.8 Å². The molecule has 1 aliphatic heterocycles. The summed E-state index contributed by atoms with van der Waals surface area (Å²) in [5.74, 6) is -4.18. The first-order valence-corrected chi connectivity index (χ1v) is 7.37. The van der Waals surface area contributed by atoms with Crippen molar-refractivity contribution < 1.29 is 27.8 Å². The van der Waals surface area contributed by atoms with E-state index >= 15 is 0 Å². The first-order chi connectivity index (χ1) is 11.0. The number of amides is 1. The largest absolute Gasteiger partial charge is 0.445 e. The standard InChI is InChI=1S/C16H21F2NO4/c1-21-14(22-2)13-8-9-19(11-16(13,17)18)15(20)23-10-12-6-4-3-5-7-12/h3-7,13-14H,8-11H2,1-2H3. The lowest BCUT2D eigenvalue weighted by Crippen LogP contribution is -2.54. The number of carbonyl (C=O) groups excluding carboxylic acids is 1. The zero-order valence-electron chi connectivity index (χ0n) is 13.2. The maximum absolute atomic E-state index is 14.3. The molecule has 0 aromatic heterocycles. The van der Waals surface area contributed by atoms with Gasteiger partial charge in [0, 0.05) is 20.8 Å². The summed E-state index contributed by atoms with van der Waals surface area (Å²) in [6.45, 7) is -0.463. The van der Waals surface area contributed by atoms with Crippen LogP contribution in [0.4, 0.5) is 13.6 Å². The third kappa shape index (κ3) is 4.39. The number of piperidine rings is 1. The van der Waals surface area contributed by atoms with E-state index in [2.05, 4.69) is 0 Å². The Morgan fingerprint density at radius 1 is 1.30 bits per heavy atom. The molecule has 5 nitrogen and oxygen atoms in total. The number of benzene rings is 1. The van der Waals surface area contributed by atoms with Crippen molar-refractivity contribution in [2.24, 2.45) is 5.92 Å². The monoisotopic (exact) mass is 329 g/mol. The van der Waals surface area contributed by atoms with Crippen molar-refractivity contribution in [3.05, 3.63) is 35.9 Å². The molecule has 7 heteroatoms. The Kier molecular flexibility index (Phi) is 5.90. The maximum atomic E-state index is 14.3. The molecule has 1 heterocycles. The fraction of sp³-hybridized carbons (Fsp3) is 0.562. The van der Waals surface area contributed by atoms with E-state index in [-0.39, 0.29) is 19.6 Å². The number of carbonyl (C=O) groups is 1. The maximum Gasteiger partial charge on any atom is 0.410 e. The highest BCUT2D eigenvalue weighted by atomic mass is 19.3. The average Bonchev–Trinajstić information content (AvgIpc) is 2.55. The summed E-state index contributed by atoms with van der Waals surface area (Å²) in [5.41, 5.74) is 0.807. The van der Waals surface area contributed by atoms with Crippen molar-refractivity contribution in [1.82, 2.24) is 4.90 Å². The lowest BCUT2D eigenvalue weighted by Gasteiger charge is -2.40. The quantitative estimate of drug-likeness (QED) is 0.780. The van der Waals surface area contributed by atoms with Crippen molar-refractivity contribution in [3.63, 3.8) is 0 Å². The van der Waals surface area contributed by atoms with Crippen molar-refractivity contribution in [2.75, 3.05) is 27.3 Å². The summed E-state index contributed by atoms with van der Waals surface area (Å²) >= 11 is 0. The van der Waals surface area contributed by atoms with Crippen LogP contribution in [0.25, 0.3) is 0 Å². The molecular formula is C16H21F2NO4. The Balaban J connectivity index is 1.91. The van der Waals surface area contributed by atoms with E-state index in [1.165, 1.54) is 14.2 Å². The lowest BCUT2D eigenvalue weighted by molar-refractivity contribution is -0.220. The summed E-state index contributed by atoms with van der Waals surface area (Å²) < 4.78 is 43.5. The first-order valence-electron chi connectivity index (χ1n) is 7.37. The van der Waals surface area contributed by atoms with Crippen LogP contribution in [0.2, 0.25) is 0 Å². The Bertz CT molecular complexity index is 508. The lowest BCUT2D eigenvalue weighted by atomic mass is 9.92. The molecule has 1 unspecified atom stereocenters. The van der Waals surface area contributed by atoms with E-state index in [4.69, 9.17) is 14.2 Å². The van der Waals surface area contributed by atoms with Crippen LogP contribution >= 0.6 is 0 Å². The van der Waals surface area contributed by atoms with E-state index in [0.29, 0.717) is 0 Å². The minimum Gasteiger partial charge on any atom is -0.445 e. The molecule has 1 saturated heterocycles. The van der Waals surface area contributed by atoms with Crippen LogP contribution in [0.1, 0.15) is 12.0 Å². The van der Waals surface area contributed by atoms with Gasteiger partial charge in [0.15, 0.2) is 6.29 Å². The van der Waals surface area contributed by atoms with Crippen molar-refractivity contribution in [2.45, 2.75) is 25.2 Å². The number of halogens is 2. The molecule has 2 rings (SSSR count). The van der Waals surface area contributed by atoms with Crippen LogP contribution in [0.5, 0.6) is 0 Å². The van der Waals surface area contributed by atoms with Gasteiger partial charge >= 0.3 is 6.09 Å². The smallest absolute Gasteiger partial charge is 0.410 e. The topological polar surface area (TPSA) is 48.0 Å². The van der Waals surface area contributed by atoms with Crippen LogP contribution in [0.15, 0.2) is 30.3 Å². The number of rotatable bonds is 5. The third-order valence-corrected chi connectivity index (χ3v) is 3.91. The molecule has 0 bridgehead atoms. The van der Waals surface area contributed by atoms with Crippen LogP contribution < -0.4 is 0 Å². The van der Waals surface area contributed by atoms with Gasteiger partial charge in [-0.15, -0.1) is 0 Å². The van der Waals surface area contributed by atoms with Gasteiger partial charge in [-0.05, 0) is 12.0 Å². The highest BCUT2D eigenvalue weighted by Crippen LogP contribution is 2.36. The summed E-state index contributed by atoms with van der Waals surface area (Å²) in [7, 11) is 2.65. The fourth-order valence-corrected chi connectivity index (χ4v) is 2.68. The molecular weight excluding hydrogens is 308 g/mol. The van der Waals surface area contributed by atoms with Gasteiger partial charge in [0.25, 0.3) is 5.92 Å². The number of nitrogens with zero attached hydrogens (tertiary/aromatic N) is 1. The van der Waals surface area contributed by atoms with E-state index < -0.39 is 30.8 Å². The summed E-state index contributed by atoms with van der Waals surface area (Å²) in [4.78, 5) is 13.0. The summed E-state index contributed by atoms with van der Waals surface area (Å²) in [5, 5.41) is 0. The second kappa shape index (κ2) is 7.70. The Hall–Kier alpha value is -1.73. The van der Waals surface area contributed by atoms with Crippen LogP contribution in [-0.4, -0.2) is 50.5 Å². The highest BCUT2D eigenvalue weighted by molar-refractivity contribution is 5.67. The normalized spacial score (nSPS) is 20.6. The van der Waals surface area contributed by atoms with Gasteiger partial charge in [0.2, 0.25) is 0 Å². The van der Waals surface area contributed by atoms with Crippen LogP contribution in [0.3, 0.4) is 0 Å². The minimum absolute atomic E-state index is 0.0595. The molecule has 128 valence electrons. The zero-order chi connectivity index (χ0) is 16.9. The number of likely N-dealkylation sites (tertiary alicyclic amines) is 1. The predicted octanol–water partition coefficient (Wildman–Crippen LogP) is 2.90. The first kappa shape index (κ1) is 17.6. The average molecular weight is 329 g/mol. The highest BCUT2D eigenvalue weighted by Gasteiger charge is 2.50. The molecule has 23 heavy (non-hydrogen) atoms. The molecule has 0 spiro atoms. The van der Waals surface area contributed by atoms with E-state index in [1.807, 2.05) is 18.2 Å². The van der Waals surface area contributed by atoms with E-state index in [0.717, 1.165) is 10.5 Å². The molecule has 1 atom stereocenters. The Labute approximate surface area is 134 Å². The number of ether oxygens (including phenoxy) is 3. The zero-order valence-corrected chi connectivity index (χ0v) is 13.2. The van der Waals surface area contributed by atoms with Gasteiger partial charge in [-0.3, -0.25) is 0 Å². The molecule has 1 aromatic rings. The number of alkyl halides is 2. The van der Waals surface area contributed by atoms with Gasteiger partial charge in [-0.2, -0.15) is 0 Å². The van der Waals surface area contributed by atoms with Crippen molar-refractivity contribution >= 4 is 6.09 Å². The second-order valence-electron chi connectivity index (χ2n) is 5.46. The molecule has 0 aliphatic carbocycles. The Morgan fingerprint density at radius 3 is 2.52 bits per heavy atom. The van der Waals surface area contributed by atoms with Crippen LogP contribution in [0, 0.1) is 5.92 Å². The van der Waals surface area contributed by atoms with Crippen molar-refractivity contribution in [1.29, 1.82) is 0 Å². The number of hydrogen-bond donors (Lipinski definition) is 0. The SMILES string of the molecule is COC(OC)C1CCN(C(=O)OCc2ccccc2)CC1(F)F. The molecule has 1 fully saturated rings. The van der Waals surface area contributed by atoms with Gasteiger partial charge in [0.1, 0.15) is 6.61 Å². The van der Waals surface area contributed by atoms with Crippen molar-refractivity contribution in [3.8, 4) is 0 Å². The summed E-state index contributed by atoms with van der Waals surface area (Å²) in [6.07, 6.45) is -1.65. The van der Waals surface area contributed by atoms with Gasteiger partial charge in [-0.25, -0.2) is 13.6 Å². The minimum atomic E-state index is -3.10. The molecule has 0 N–H and O–H groups in total. The predicted molar refractivity (Wildman–Crippen MR) is 79.1 cm³/mol. The van der Waals surface area contributed by atoms with Gasteiger partial charge < -0.3 is 19.1 Å². The van der Waals surface area contributed by atoms with Gasteiger partial charge in [0.05, 0.1) is 12.5 Å². The summed E-state index contributed by atoms with van der Waals surface area (Å²) in [6, 6.07) is 9.08. The molecule has 1 amide bonds. The molecule has 1 aromatic carbocycles. The number of methoxy groups -OCH3 is 2. The second-order valence-corrected chi connectivity index (χ2v) is 5.46. The van der Waals surface area contributed by atoms with E-state index in [9.17, 15) is 13.6 Å². The third-order valence-electron chi connectivity index (χ3n) is 3.91. The van der Waals surface area contributed by atoms with Gasteiger partial charge in [-0.1, -0.05) is 30.3 Å². The molecule has 0 saturated carbocycles.